The first-order chi connectivity index (χ1) is 14.6. The highest BCUT2D eigenvalue weighted by Crippen LogP contribution is 2.26. The summed E-state index contributed by atoms with van der Waals surface area (Å²) in [5.74, 6) is 0.979. The largest absolute Gasteiger partial charge is 0.492 e. The molecule has 0 aromatic heterocycles. The molecule has 0 amide bonds. The van der Waals surface area contributed by atoms with Crippen molar-refractivity contribution in [2.45, 2.75) is 32.6 Å². The molecule has 3 rings (SSSR count). The van der Waals surface area contributed by atoms with Crippen LogP contribution in [0.25, 0.3) is 0 Å². The van der Waals surface area contributed by atoms with E-state index in [-0.39, 0.29) is 18.2 Å². The quantitative estimate of drug-likeness (QED) is 0.544. The van der Waals surface area contributed by atoms with E-state index in [0.29, 0.717) is 12.5 Å². The summed E-state index contributed by atoms with van der Waals surface area (Å²) < 4.78 is 18.7. The lowest BCUT2D eigenvalue weighted by molar-refractivity contribution is 0.114. The Hall–Kier alpha value is -2.13. The van der Waals surface area contributed by atoms with Gasteiger partial charge >= 0.3 is 0 Å². The Kier molecular flexibility index (Phi) is 10.3. The van der Waals surface area contributed by atoms with Gasteiger partial charge in [-0.1, -0.05) is 19.1 Å². The Balaban J connectivity index is 0.00000341. The second kappa shape index (κ2) is 12.7. The van der Waals surface area contributed by atoms with E-state index < -0.39 is 0 Å². The molecular weight excluding hydrogens is 413 g/mol. The predicted octanol–water partition coefficient (Wildman–Crippen LogP) is 5.01. The predicted molar refractivity (Wildman–Crippen MR) is 126 cm³/mol. The summed E-state index contributed by atoms with van der Waals surface area (Å²) in [4.78, 5) is 4.97. The monoisotopic (exact) mass is 445 g/mol. The van der Waals surface area contributed by atoms with Crippen LogP contribution in [0.4, 0.5) is 4.39 Å². The smallest absolute Gasteiger partial charge is 0.123 e. The minimum atomic E-state index is -0.239. The van der Waals surface area contributed by atoms with E-state index in [1.807, 2.05) is 6.92 Å². The van der Waals surface area contributed by atoms with Crippen molar-refractivity contribution in [3.05, 3.63) is 65.0 Å². The molecule has 1 heterocycles. The van der Waals surface area contributed by atoms with E-state index in [9.17, 15) is 9.65 Å². The molecular formula is C25H33ClFN3O. The van der Waals surface area contributed by atoms with E-state index in [2.05, 4.69) is 41.0 Å². The van der Waals surface area contributed by atoms with Gasteiger partial charge in [-0.05, 0) is 73.7 Å². The number of ether oxygens (including phenoxy) is 1. The van der Waals surface area contributed by atoms with Gasteiger partial charge in [-0.25, -0.2) is 4.39 Å². The minimum absolute atomic E-state index is 0. The molecule has 31 heavy (non-hydrogen) atoms. The molecule has 1 saturated heterocycles. The summed E-state index contributed by atoms with van der Waals surface area (Å²) in [6, 6.07) is 14.8. The van der Waals surface area contributed by atoms with E-state index in [1.54, 1.807) is 12.1 Å². The Labute approximate surface area is 192 Å². The number of benzene rings is 2. The summed E-state index contributed by atoms with van der Waals surface area (Å²) in [6.07, 6.45) is 2.22. The fourth-order valence-corrected chi connectivity index (χ4v) is 4.02. The van der Waals surface area contributed by atoms with Crippen molar-refractivity contribution in [1.29, 1.82) is 5.26 Å². The lowest BCUT2D eigenvalue weighted by Crippen LogP contribution is -2.47. The normalized spacial score (nSPS) is 15.7. The van der Waals surface area contributed by atoms with E-state index in [0.717, 1.165) is 69.0 Å². The molecule has 2 aromatic carbocycles. The number of rotatable bonds is 9. The van der Waals surface area contributed by atoms with Gasteiger partial charge in [0.2, 0.25) is 0 Å². The molecule has 0 bridgehead atoms. The molecule has 1 unspecified atom stereocenters. The van der Waals surface area contributed by atoms with Crippen molar-refractivity contribution in [2.75, 3.05) is 45.9 Å². The average molecular weight is 446 g/mol. The summed E-state index contributed by atoms with van der Waals surface area (Å²) in [7, 11) is 0. The minimum Gasteiger partial charge on any atom is -0.492 e. The Bertz CT molecular complexity index is 845. The molecule has 2 aromatic rings. The third kappa shape index (κ3) is 7.50. The number of nitriles is 1. The van der Waals surface area contributed by atoms with Gasteiger partial charge in [-0.3, -0.25) is 4.90 Å². The van der Waals surface area contributed by atoms with Crippen molar-refractivity contribution in [1.82, 2.24) is 9.80 Å². The van der Waals surface area contributed by atoms with Crippen LogP contribution in [0.2, 0.25) is 0 Å². The summed E-state index contributed by atoms with van der Waals surface area (Å²) in [6.45, 7) is 11.1. The fourth-order valence-electron chi connectivity index (χ4n) is 4.02. The van der Waals surface area contributed by atoms with Gasteiger partial charge in [0, 0.05) is 32.7 Å². The van der Waals surface area contributed by atoms with Crippen molar-refractivity contribution >= 4 is 12.4 Å². The standard InChI is InChI=1S/C25H32FN3O.ClH/c1-3-21(22-5-4-20(2)23(18-22)19-27)10-11-28-12-14-29(15-13-28)16-17-30-25-8-6-24(26)7-9-25;/h4-9,18,21H,3,10-17H2,1-2H3;1H. The SMILES string of the molecule is CCC(CCN1CCN(CCOc2ccc(F)cc2)CC1)c1ccc(C)c(C#N)c1.Cl. The molecule has 1 atom stereocenters. The maximum absolute atomic E-state index is 12.9. The first-order valence-corrected chi connectivity index (χ1v) is 10.9. The molecule has 0 radical (unpaired) electrons. The molecule has 0 N–H and O–H groups in total. The average Bonchev–Trinajstić information content (AvgIpc) is 2.77. The lowest BCUT2D eigenvalue weighted by Gasteiger charge is -2.35. The molecule has 6 heteroatoms. The van der Waals surface area contributed by atoms with Crippen LogP contribution in [-0.2, 0) is 0 Å². The lowest BCUT2D eigenvalue weighted by atomic mass is 9.90. The van der Waals surface area contributed by atoms with Crippen LogP contribution in [0.5, 0.6) is 5.75 Å². The number of hydrogen-bond acceptors (Lipinski definition) is 4. The highest BCUT2D eigenvalue weighted by molar-refractivity contribution is 5.85. The van der Waals surface area contributed by atoms with Crippen LogP contribution in [-0.4, -0.2) is 55.7 Å². The maximum atomic E-state index is 12.9. The molecule has 0 saturated carbocycles. The zero-order chi connectivity index (χ0) is 21.3. The van der Waals surface area contributed by atoms with Crippen molar-refractivity contribution < 1.29 is 9.13 Å². The molecule has 1 fully saturated rings. The van der Waals surface area contributed by atoms with Crippen LogP contribution >= 0.6 is 12.4 Å². The van der Waals surface area contributed by atoms with Crippen LogP contribution in [0.3, 0.4) is 0 Å². The van der Waals surface area contributed by atoms with Crippen LogP contribution < -0.4 is 4.74 Å². The number of halogens is 2. The van der Waals surface area contributed by atoms with Crippen molar-refractivity contribution in [3.63, 3.8) is 0 Å². The first-order valence-electron chi connectivity index (χ1n) is 10.9. The van der Waals surface area contributed by atoms with Gasteiger partial charge < -0.3 is 9.64 Å². The number of hydrogen-bond donors (Lipinski definition) is 0. The van der Waals surface area contributed by atoms with Crippen LogP contribution in [0, 0.1) is 24.1 Å². The van der Waals surface area contributed by atoms with E-state index >= 15 is 0 Å². The summed E-state index contributed by atoms with van der Waals surface area (Å²) in [5.41, 5.74) is 3.13. The molecule has 1 aliphatic heterocycles. The number of piperazine rings is 1. The van der Waals surface area contributed by atoms with E-state index in [4.69, 9.17) is 4.74 Å². The molecule has 1 aliphatic rings. The third-order valence-corrected chi connectivity index (χ3v) is 6.09. The van der Waals surface area contributed by atoms with Gasteiger partial charge in [0.15, 0.2) is 0 Å². The highest BCUT2D eigenvalue weighted by atomic mass is 35.5. The second-order valence-electron chi connectivity index (χ2n) is 8.07. The second-order valence-corrected chi connectivity index (χ2v) is 8.07. The van der Waals surface area contributed by atoms with Crippen molar-refractivity contribution in [2.24, 2.45) is 0 Å². The summed E-state index contributed by atoms with van der Waals surface area (Å²) >= 11 is 0. The van der Waals surface area contributed by atoms with Crippen LogP contribution in [0.1, 0.15) is 42.4 Å². The maximum Gasteiger partial charge on any atom is 0.123 e. The number of nitrogens with zero attached hydrogens (tertiary/aromatic N) is 3. The molecule has 0 spiro atoms. The third-order valence-electron chi connectivity index (χ3n) is 6.09. The van der Waals surface area contributed by atoms with Gasteiger partial charge in [0.1, 0.15) is 18.2 Å². The van der Waals surface area contributed by atoms with Crippen molar-refractivity contribution in [3.8, 4) is 11.8 Å². The Morgan fingerprint density at radius 1 is 1.03 bits per heavy atom. The Morgan fingerprint density at radius 2 is 1.68 bits per heavy atom. The van der Waals surface area contributed by atoms with Gasteiger partial charge in [0.05, 0.1) is 11.6 Å². The summed E-state index contributed by atoms with van der Waals surface area (Å²) in [5, 5.41) is 9.31. The number of aryl methyl sites for hydroxylation is 1. The Morgan fingerprint density at radius 3 is 2.29 bits per heavy atom. The van der Waals surface area contributed by atoms with E-state index in [1.165, 1.54) is 17.7 Å². The molecule has 0 aliphatic carbocycles. The fraction of sp³-hybridized carbons (Fsp3) is 0.480. The van der Waals surface area contributed by atoms with Crippen LogP contribution in [0.15, 0.2) is 42.5 Å². The zero-order valence-electron chi connectivity index (χ0n) is 18.5. The van der Waals surface area contributed by atoms with Gasteiger partial charge in [0.25, 0.3) is 0 Å². The molecule has 168 valence electrons. The first kappa shape index (κ1) is 25.1. The van der Waals surface area contributed by atoms with Gasteiger partial charge in [-0.15, -0.1) is 12.4 Å². The zero-order valence-corrected chi connectivity index (χ0v) is 19.3. The topological polar surface area (TPSA) is 39.5 Å². The van der Waals surface area contributed by atoms with Gasteiger partial charge in [-0.2, -0.15) is 5.26 Å². The highest BCUT2D eigenvalue weighted by Gasteiger charge is 2.18. The molecule has 4 nitrogen and oxygen atoms in total.